The Balaban J connectivity index is 1.23. The molecule has 2 aromatic carbocycles. The largest absolute Gasteiger partial charge is 0.456 e. The molecule has 3 aromatic rings. The first-order chi connectivity index (χ1) is 14.2. The lowest BCUT2D eigenvalue weighted by Gasteiger charge is -2.37. The maximum atomic E-state index is 13.2. The minimum Gasteiger partial charge on any atom is -0.456 e. The van der Waals surface area contributed by atoms with Gasteiger partial charge in [-0.3, -0.25) is 14.5 Å². The summed E-state index contributed by atoms with van der Waals surface area (Å²) in [6.07, 6.45) is 5.60. The number of allylic oxidation sites excluding steroid dienone is 2. The molecule has 29 heavy (non-hydrogen) atoms. The van der Waals surface area contributed by atoms with Crippen LogP contribution in [0.5, 0.6) is 0 Å². The maximum absolute atomic E-state index is 13.2. The standard InChI is InChI=1S/C25H19NO3/c27-24-22-16-9-10-17(19-12-18(16)19)23(22)25(28)26(24)15-7-5-13(6-8-15)21-11-14-3-1-2-4-20(14)29-21/h1-11,16-19,22-23H,12H2/t16-,17+,18-,19-,22+,23+/m1/s1. The third-order valence-electron chi connectivity index (χ3n) is 7.50. The van der Waals surface area contributed by atoms with E-state index < -0.39 is 0 Å². The van der Waals surface area contributed by atoms with Crippen molar-refractivity contribution in [2.75, 3.05) is 4.90 Å². The predicted octanol–water partition coefficient (Wildman–Crippen LogP) is 4.66. The monoisotopic (exact) mass is 381 g/mol. The van der Waals surface area contributed by atoms with Crippen LogP contribution in [-0.4, -0.2) is 11.8 Å². The summed E-state index contributed by atoms with van der Waals surface area (Å²) in [6, 6.07) is 17.5. The Morgan fingerprint density at radius 1 is 0.828 bits per heavy atom. The van der Waals surface area contributed by atoms with Gasteiger partial charge in [-0.2, -0.15) is 0 Å². The first kappa shape index (κ1) is 15.7. The molecule has 142 valence electrons. The zero-order chi connectivity index (χ0) is 19.3. The first-order valence-electron chi connectivity index (χ1n) is 10.4. The number of fused-ring (bicyclic) bond motifs is 1. The number of benzene rings is 2. The second-order valence-electron chi connectivity index (χ2n) is 8.86. The molecule has 6 atom stereocenters. The van der Waals surface area contributed by atoms with Crippen LogP contribution < -0.4 is 4.90 Å². The van der Waals surface area contributed by atoms with Gasteiger partial charge in [0.25, 0.3) is 0 Å². The van der Waals surface area contributed by atoms with Crippen molar-refractivity contribution in [1.82, 2.24) is 0 Å². The Bertz CT molecular complexity index is 1150. The van der Waals surface area contributed by atoms with Crippen LogP contribution in [0.15, 0.2) is 71.2 Å². The first-order valence-corrected chi connectivity index (χ1v) is 10.4. The Hall–Kier alpha value is -3.14. The van der Waals surface area contributed by atoms with E-state index >= 15 is 0 Å². The van der Waals surface area contributed by atoms with E-state index in [4.69, 9.17) is 4.42 Å². The SMILES string of the molecule is O=C1[C@H]2[C@@H]3C=C[C@@H]([C@H]4C[C@H]34)[C@@H]2C(=O)N1c1ccc(-c2cc3ccccc3o2)cc1. The lowest BCUT2D eigenvalue weighted by atomic mass is 9.63. The zero-order valence-electron chi connectivity index (χ0n) is 15.7. The fourth-order valence-corrected chi connectivity index (χ4v) is 6.11. The molecule has 2 amide bonds. The number of rotatable bonds is 2. The van der Waals surface area contributed by atoms with E-state index in [0.29, 0.717) is 17.5 Å². The molecule has 2 heterocycles. The second-order valence-corrected chi connectivity index (χ2v) is 8.86. The molecule has 2 bridgehead atoms. The average Bonchev–Trinajstić information content (AvgIpc) is 3.40. The molecular weight excluding hydrogens is 362 g/mol. The van der Waals surface area contributed by atoms with E-state index in [0.717, 1.165) is 22.3 Å². The van der Waals surface area contributed by atoms with Gasteiger partial charge in [-0.05, 0) is 66.5 Å². The van der Waals surface area contributed by atoms with Crippen LogP contribution in [0, 0.1) is 35.5 Å². The van der Waals surface area contributed by atoms with Gasteiger partial charge in [0.15, 0.2) is 0 Å². The van der Waals surface area contributed by atoms with Gasteiger partial charge in [0.1, 0.15) is 11.3 Å². The summed E-state index contributed by atoms with van der Waals surface area (Å²) in [5.41, 5.74) is 2.45. The number of hydrogen-bond donors (Lipinski definition) is 0. The summed E-state index contributed by atoms with van der Waals surface area (Å²) in [4.78, 5) is 27.9. The van der Waals surface area contributed by atoms with Gasteiger partial charge >= 0.3 is 0 Å². The van der Waals surface area contributed by atoms with Gasteiger partial charge in [-0.15, -0.1) is 0 Å². The molecule has 0 spiro atoms. The molecule has 1 aliphatic heterocycles. The Labute approximate surface area is 167 Å². The number of amides is 2. The molecule has 0 N–H and O–H groups in total. The van der Waals surface area contributed by atoms with E-state index in [1.54, 1.807) is 0 Å². The summed E-state index contributed by atoms with van der Waals surface area (Å²) in [5.74, 6) is 2.21. The number of hydrogen-bond acceptors (Lipinski definition) is 3. The molecule has 0 unspecified atom stereocenters. The molecule has 3 fully saturated rings. The molecule has 8 rings (SSSR count). The van der Waals surface area contributed by atoms with E-state index in [9.17, 15) is 9.59 Å². The normalized spacial score (nSPS) is 34.0. The fraction of sp³-hybridized carbons (Fsp3) is 0.280. The van der Waals surface area contributed by atoms with Crippen LogP contribution in [0.1, 0.15) is 6.42 Å². The average molecular weight is 381 g/mol. The lowest BCUT2D eigenvalue weighted by Crippen LogP contribution is -2.40. The number of imide groups is 1. The van der Waals surface area contributed by atoms with Crippen molar-refractivity contribution in [3.8, 4) is 11.3 Å². The van der Waals surface area contributed by atoms with Crippen molar-refractivity contribution in [2.24, 2.45) is 35.5 Å². The molecule has 4 heteroatoms. The Morgan fingerprint density at radius 3 is 2.14 bits per heavy atom. The smallest absolute Gasteiger partial charge is 0.238 e. The van der Waals surface area contributed by atoms with E-state index in [-0.39, 0.29) is 35.5 Å². The topological polar surface area (TPSA) is 50.5 Å². The van der Waals surface area contributed by atoms with Crippen molar-refractivity contribution in [3.05, 3.63) is 66.7 Å². The van der Waals surface area contributed by atoms with Crippen LogP contribution in [0.4, 0.5) is 5.69 Å². The highest BCUT2D eigenvalue weighted by atomic mass is 16.3. The van der Waals surface area contributed by atoms with Gasteiger partial charge in [0.2, 0.25) is 11.8 Å². The summed E-state index contributed by atoms with van der Waals surface area (Å²) in [6.45, 7) is 0. The highest BCUT2D eigenvalue weighted by molar-refractivity contribution is 6.22. The molecule has 4 nitrogen and oxygen atoms in total. The number of carbonyl (C=O) groups is 2. The highest BCUT2D eigenvalue weighted by Gasteiger charge is 2.67. The number of carbonyl (C=O) groups excluding carboxylic acids is 2. The summed E-state index contributed by atoms with van der Waals surface area (Å²) < 4.78 is 5.94. The second kappa shape index (κ2) is 5.26. The third-order valence-corrected chi connectivity index (χ3v) is 7.50. The van der Waals surface area contributed by atoms with Gasteiger partial charge < -0.3 is 4.42 Å². The van der Waals surface area contributed by atoms with Crippen molar-refractivity contribution in [1.29, 1.82) is 0 Å². The van der Waals surface area contributed by atoms with Crippen molar-refractivity contribution >= 4 is 28.5 Å². The quantitative estimate of drug-likeness (QED) is 0.479. The van der Waals surface area contributed by atoms with Crippen LogP contribution in [0.3, 0.4) is 0 Å². The van der Waals surface area contributed by atoms with Crippen LogP contribution in [0.2, 0.25) is 0 Å². The van der Waals surface area contributed by atoms with Gasteiger partial charge in [0.05, 0.1) is 17.5 Å². The maximum Gasteiger partial charge on any atom is 0.238 e. The van der Waals surface area contributed by atoms with Crippen LogP contribution in [0.25, 0.3) is 22.3 Å². The lowest BCUT2D eigenvalue weighted by molar-refractivity contribution is -0.124. The minimum atomic E-state index is -0.156. The van der Waals surface area contributed by atoms with Crippen molar-refractivity contribution in [2.45, 2.75) is 6.42 Å². The summed E-state index contributed by atoms with van der Waals surface area (Å²) >= 11 is 0. The number of furan rings is 1. The van der Waals surface area contributed by atoms with Gasteiger partial charge in [-0.25, -0.2) is 0 Å². The number of nitrogens with zero attached hydrogens (tertiary/aromatic N) is 1. The highest BCUT2D eigenvalue weighted by Crippen LogP contribution is 2.65. The van der Waals surface area contributed by atoms with Crippen LogP contribution in [-0.2, 0) is 9.59 Å². The van der Waals surface area contributed by atoms with Crippen molar-refractivity contribution < 1.29 is 14.0 Å². The molecule has 2 saturated carbocycles. The predicted molar refractivity (Wildman–Crippen MR) is 109 cm³/mol. The van der Waals surface area contributed by atoms with E-state index in [2.05, 4.69) is 12.2 Å². The van der Waals surface area contributed by atoms with Gasteiger partial charge in [-0.1, -0.05) is 30.4 Å². The summed E-state index contributed by atoms with van der Waals surface area (Å²) in [5, 5.41) is 1.06. The zero-order valence-corrected chi connectivity index (χ0v) is 15.7. The number of anilines is 1. The number of para-hydroxylation sites is 1. The van der Waals surface area contributed by atoms with Gasteiger partial charge in [0, 0.05) is 10.9 Å². The van der Waals surface area contributed by atoms with Crippen LogP contribution >= 0.6 is 0 Å². The molecule has 5 aliphatic rings. The molecule has 0 radical (unpaired) electrons. The molecule has 1 aromatic heterocycles. The third kappa shape index (κ3) is 1.99. The van der Waals surface area contributed by atoms with E-state index in [1.165, 1.54) is 11.3 Å². The Morgan fingerprint density at radius 2 is 1.48 bits per heavy atom. The Kier molecular flexibility index (Phi) is 2.86. The fourth-order valence-electron chi connectivity index (χ4n) is 6.11. The van der Waals surface area contributed by atoms with E-state index in [1.807, 2.05) is 54.6 Å². The van der Waals surface area contributed by atoms with Crippen molar-refractivity contribution in [3.63, 3.8) is 0 Å². The molecule has 4 aliphatic carbocycles. The molecular formula is C25H19NO3. The minimum absolute atomic E-state index is 0.0128. The molecule has 1 saturated heterocycles. The summed E-state index contributed by atoms with van der Waals surface area (Å²) in [7, 11) is 0.